The Hall–Kier alpha value is -2.02. The molecule has 0 spiro atoms. The van der Waals surface area contributed by atoms with Crippen LogP contribution in [0.25, 0.3) is 0 Å². The number of carbonyl (C=O) groups excluding carboxylic acids is 1. The van der Waals surface area contributed by atoms with Crippen molar-refractivity contribution in [3.8, 4) is 0 Å². The summed E-state index contributed by atoms with van der Waals surface area (Å²) in [5.74, 6) is -3.26. The number of amides is 1. The van der Waals surface area contributed by atoms with Crippen LogP contribution in [-0.4, -0.2) is 39.7 Å². The normalized spacial score (nSPS) is 11.9. The van der Waals surface area contributed by atoms with E-state index in [-0.39, 0.29) is 0 Å². The van der Waals surface area contributed by atoms with Crippen molar-refractivity contribution in [3.63, 3.8) is 0 Å². The maximum atomic E-state index is 13.1. The number of pyridine rings is 1. The first kappa shape index (κ1) is 12.1. The molecule has 0 aromatic carbocycles. The molecule has 1 rings (SSSR count). The lowest BCUT2D eigenvalue weighted by atomic mass is 10.2. The van der Waals surface area contributed by atoms with Crippen LogP contribution >= 0.6 is 0 Å². The summed E-state index contributed by atoms with van der Waals surface area (Å²) < 4.78 is 13.1. The number of carbonyl (C=O) groups is 2. The number of nitrogens with one attached hydrogen (secondary N) is 1. The highest BCUT2D eigenvalue weighted by molar-refractivity contribution is 5.95. The SMILES string of the molecule is O=C(N[C@@H](CO)C(=O)O)c1ncccc1F. The van der Waals surface area contributed by atoms with Crippen molar-refractivity contribution >= 4 is 11.9 Å². The minimum absolute atomic E-state index is 0.512. The van der Waals surface area contributed by atoms with Gasteiger partial charge < -0.3 is 15.5 Å². The Morgan fingerprint density at radius 3 is 2.75 bits per heavy atom. The molecule has 1 atom stereocenters. The van der Waals surface area contributed by atoms with Gasteiger partial charge in [0.05, 0.1) is 6.61 Å². The van der Waals surface area contributed by atoms with Crippen molar-refractivity contribution in [2.24, 2.45) is 0 Å². The van der Waals surface area contributed by atoms with E-state index in [0.29, 0.717) is 0 Å². The molecule has 0 unspecified atom stereocenters. The molecule has 1 aromatic heterocycles. The largest absolute Gasteiger partial charge is 0.480 e. The third kappa shape index (κ3) is 2.74. The number of aliphatic carboxylic acids is 1. The summed E-state index contributed by atoms with van der Waals surface area (Å²) in [5.41, 5.74) is -0.512. The summed E-state index contributed by atoms with van der Waals surface area (Å²) in [7, 11) is 0. The van der Waals surface area contributed by atoms with Crippen molar-refractivity contribution in [2.75, 3.05) is 6.61 Å². The third-order valence-electron chi connectivity index (χ3n) is 1.76. The number of rotatable bonds is 4. The lowest BCUT2D eigenvalue weighted by molar-refractivity contribution is -0.140. The molecule has 3 N–H and O–H groups in total. The fraction of sp³-hybridized carbons (Fsp3) is 0.222. The van der Waals surface area contributed by atoms with Gasteiger partial charge in [-0.05, 0) is 12.1 Å². The van der Waals surface area contributed by atoms with Gasteiger partial charge in [0.25, 0.3) is 5.91 Å². The van der Waals surface area contributed by atoms with Gasteiger partial charge >= 0.3 is 5.97 Å². The van der Waals surface area contributed by atoms with Gasteiger partial charge in [0.1, 0.15) is 0 Å². The average Bonchev–Trinajstić information content (AvgIpc) is 2.25. The van der Waals surface area contributed by atoms with Gasteiger partial charge in [-0.15, -0.1) is 0 Å². The number of aliphatic hydroxyl groups excluding tert-OH is 1. The Labute approximate surface area is 89.7 Å². The zero-order valence-electron chi connectivity index (χ0n) is 8.05. The predicted molar refractivity (Wildman–Crippen MR) is 50.2 cm³/mol. The van der Waals surface area contributed by atoms with E-state index in [0.717, 1.165) is 6.07 Å². The van der Waals surface area contributed by atoms with Crippen molar-refractivity contribution in [1.82, 2.24) is 10.3 Å². The number of hydrogen-bond donors (Lipinski definition) is 3. The standard InChI is InChI=1S/C9H9FN2O4/c10-5-2-1-3-11-7(5)8(14)12-6(4-13)9(15)16/h1-3,6,13H,4H2,(H,12,14)(H,15,16)/t6-/m0/s1. The molecule has 0 fully saturated rings. The molecule has 0 saturated heterocycles. The number of carboxylic acids is 1. The van der Waals surface area contributed by atoms with Crippen LogP contribution in [0.15, 0.2) is 18.3 Å². The summed E-state index contributed by atoms with van der Waals surface area (Å²) in [6.07, 6.45) is 1.20. The van der Waals surface area contributed by atoms with Crippen LogP contribution in [0.4, 0.5) is 4.39 Å². The maximum Gasteiger partial charge on any atom is 0.328 e. The van der Waals surface area contributed by atoms with Crippen molar-refractivity contribution < 1.29 is 24.2 Å². The number of nitrogens with zero attached hydrogens (tertiary/aromatic N) is 1. The van der Waals surface area contributed by atoms with Gasteiger partial charge in [0, 0.05) is 6.20 Å². The van der Waals surface area contributed by atoms with E-state index in [1.807, 2.05) is 5.32 Å². The van der Waals surface area contributed by atoms with Crippen LogP contribution < -0.4 is 5.32 Å². The zero-order chi connectivity index (χ0) is 12.1. The van der Waals surface area contributed by atoms with Crippen molar-refractivity contribution in [3.05, 3.63) is 29.8 Å². The molecule has 16 heavy (non-hydrogen) atoms. The predicted octanol–water partition coefficient (Wildman–Crippen LogP) is -0.604. The molecule has 0 aliphatic rings. The minimum atomic E-state index is -1.48. The zero-order valence-corrected chi connectivity index (χ0v) is 8.05. The summed E-state index contributed by atoms with van der Waals surface area (Å²) in [4.78, 5) is 25.3. The van der Waals surface area contributed by atoms with E-state index in [1.54, 1.807) is 0 Å². The van der Waals surface area contributed by atoms with Crippen molar-refractivity contribution in [2.45, 2.75) is 6.04 Å². The molecular weight excluding hydrogens is 219 g/mol. The number of halogens is 1. The smallest absolute Gasteiger partial charge is 0.328 e. The Kier molecular flexibility index (Phi) is 3.90. The first-order chi connectivity index (χ1) is 7.56. The molecule has 86 valence electrons. The highest BCUT2D eigenvalue weighted by Crippen LogP contribution is 2.02. The van der Waals surface area contributed by atoms with Gasteiger partial charge in [-0.3, -0.25) is 4.79 Å². The monoisotopic (exact) mass is 228 g/mol. The molecule has 0 aliphatic heterocycles. The lowest BCUT2D eigenvalue weighted by Gasteiger charge is -2.11. The second-order valence-electron chi connectivity index (χ2n) is 2.88. The lowest BCUT2D eigenvalue weighted by Crippen LogP contribution is -2.43. The summed E-state index contributed by atoms with van der Waals surface area (Å²) in [6, 6.07) is 0.845. The van der Waals surface area contributed by atoms with E-state index < -0.39 is 36.0 Å². The maximum absolute atomic E-state index is 13.1. The molecule has 0 radical (unpaired) electrons. The van der Waals surface area contributed by atoms with Crippen LogP contribution in [0, 0.1) is 5.82 Å². The van der Waals surface area contributed by atoms with Crippen LogP contribution in [-0.2, 0) is 4.79 Å². The quantitative estimate of drug-likeness (QED) is 0.638. The number of carboxylic acid groups (broad SMARTS) is 1. The summed E-state index contributed by atoms with van der Waals surface area (Å²) in [6.45, 7) is -0.782. The van der Waals surface area contributed by atoms with Crippen LogP contribution in [0.3, 0.4) is 0 Å². The van der Waals surface area contributed by atoms with E-state index in [1.165, 1.54) is 12.3 Å². The molecule has 1 amide bonds. The fourth-order valence-electron chi connectivity index (χ4n) is 0.965. The second-order valence-corrected chi connectivity index (χ2v) is 2.88. The van der Waals surface area contributed by atoms with Gasteiger partial charge in [-0.2, -0.15) is 0 Å². The van der Waals surface area contributed by atoms with Gasteiger partial charge in [0.15, 0.2) is 17.6 Å². The van der Waals surface area contributed by atoms with Crippen LogP contribution in [0.1, 0.15) is 10.5 Å². The third-order valence-corrected chi connectivity index (χ3v) is 1.76. The van der Waals surface area contributed by atoms with Gasteiger partial charge in [-0.1, -0.05) is 0 Å². The Bertz CT molecular complexity index is 410. The highest BCUT2D eigenvalue weighted by Gasteiger charge is 2.21. The molecular formula is C9H9FN2O4. The summed E-state index contributed by atoms with van der Waals surface area (Å²) >= 11 is 0. The Morgan fingerprint density at radius 1 is 1.56 bits per heavy atom. The summed E-state index contributed by atoms with van der Waals surface area (Å²) in [5, 5.41) is 19.1. The fourth-order valence-corrected chi connectivity index (χ4v) is 0.965. The van der Waals surface area contributed by atoms with Crippen LogP contribution in [0.2, 0.25) is 0 Å². The molecule has 7 heteroatoms. The first-order valence-corrected chi connectivity index (χ1v) is 4.31. The molecule has 0 saturated carbocycles. The minimum Gasteiger partial charge on any atom is -0.480 e. The number of aliphatic hydroxyl groups is 1. The Balaban J connectivity index is 2.80. The second kappa shape index (κ2) is 5.17. The van der Waals surface area contributed by atoms with Crippen LogP contribution in [0.5, 0.6) is 0 Å². The molecule has 0 aliphatic carbocycles. The highest BCUT2D eigenvalue weighted by atomic mass is 19.1. The van der Waals surface area contributed by atoms with E-state index >= 15 is 0 Å². The Morgan fingerprint density at radius 2 is 2.25 bits per heavy atom. The van der Waals surface area contributed by atoms with E-state index in [9.17, 15) is 14.0 Å². The molecule has 6 nitrogen and oxygen atoms in total. The number of hydrogen-bond acceptors (Lipinski definition) is 4. The molecule has 0 bridgehead atoms. The molecule has 1 aromatic rings. The average molecular weight is 228 g/mol. The van der Waals surface area contributed by atoms with Gasteiger partial charge in [0.2, 0.25) is 0 Å². The van der Waals surface area contributed by atoms with Crippen molar-refractivity contribution in [1.29, 1.82) is 0 Å². The number of aromatic nitrogens is 1. The topological polar surface area (TPSA) is 99.5 Å². The first-order valence-electron chi connectivity index (χ1n) is 4.31. The van der Waals surface area contributed by atoms with Gasteiger partial charge in [-0.25, -0.2) is 14.2 Å². The van der Waals surface area contributed by atoms with E-state index in [4.69, 9.17) is 10.2 Å². The van der Waals surface area contributed by atoms with E-state index in [2.05, 4.69) is 4.98 Å². The molecule has 1 heterocycles.